The number of imidazole rings is 1. The molecule has 2 aromatic carbocycles. The number of carbonyl (C=O) groups is 1. The van der Waals surface area contributed by atoms with Gasteiger partial charge in [-0.1, -0.05) is 41.9 Å². The lowest BCUT2D eigenvalue weighted by Gasteiger charge is -2.09. The van der Waals surface area contributed by atoms with Gasteiger partial charge in [-0.15, -0.1) is 0 Å². The first kappa shape index (κ1) is 15.1. The molecule has 0 aliphatic carbocycles. The molecule has 23 heavy (non-hydrogen) atoms. The summed E-state index contributed by atoms with van der Waals surface area (Å²) < 4.78 is 1.84. The normalized spacial score (nSPS) is 10.5. The number of benzene rings is 2. The molecule has 3 rings (SSSR count). The molecule has 0 saturated heterocycles. The number of phenols is 1. The Morgan fingerprint density at radius 2 is 2.00 bits per heavy atom. The van der Waals surface area contributed by atoms with E-state index in [0.717, 1.165) is 5.56 Å². The van der Waals surface area contributed by atoms with Crippen LogP contribution < -0.4 is 5.32 Å². The lowest BCUT2D eigenvalue weighted by Crippen LogP contribution is -2.16. The van der Waals surface area contributed by atoms with E-state index in [-0.39, 0.29) is 16.7 Å². The molecule has 1 amide bonds. The maximum atomic E-state index is 12.3. The number of anilines is 1. The molecular weight excluding hydrogens is 314 g/mol. The maximum Gasteiger partial charge on any atom is 0.258 e. The van der Waals surface area contributed by atoms with E-state index in [1.807, 2.05) is 34.9 Å². The predicted octanol–water partition coefficient (Wildman–Crippen LogP) is 3.54. The van der Waals surface area contributed by atoms with E-state index >= 15 is 0 Å². The van der Waals surface area contributed by atoms with Gasteiger partial charge in [0.1, 0.15) is 5.75 Å². The van der Waals surface area contributed by atoms with Crippen LogP contribution in [0.5, 0.6) is 5.75 Å². The fourth-order valence-corrected chi connectivity index (χ4v) is 2.34. The second kappa shape index (κ2) is 6.54. The third-order valence-electron chi connectivity index (χ3n) is 3.35. The van der Waals surface area contributed by atoms with E-state index in [9.17, 15) is 9.90 Å². The highest BCUT2D eigenvalue weighted by Gasteiger charge is 2.12. The number of phenolic OH excluding ortho intramolecular Hbond substituents is 1. The van der Waals surface area contributed by atoms with E-state index in [2.05, 4.69) is 10.3 Å². The van der Waals surface area contributed by atoms with Crippen molar-refractivity contribution in [3.05, 3.63) is 77.1 Å². The lowest BCUT2D eigenvalue weighted by atomic mass is 10.2. The van der Waals surface area contributed by atoms with Crippen LogP contribution in [0.25, 0.3) is 0 Å². The number of nitrogens with one attached hydrogen (secondary N) is 1. The monoisotopic (exact) mass is 327 g/mol. The largest absolute Gasteiger partial charge is 0.506 e. The number of halogens is 1. The van der Waals surface area contributed by atoms with Crippen LogP contribution >= 0.6 is 11.6 Å². The number of carbonyl (C=O) groups excluding carboxylic acids is 1. The van der Waals surface area contributed by atoms with Crippen molar-refractivity contribution in [3.63, 3.8) is 0 Å². The smallest absolute Gasteiger partial charge is 0.258 e. The number of aromatic hydroxyl groups is 1. The van der Waals surface area contributed by atoms with Gasteiger partial charge in [-0.25, -0.2) is 4.98 Å². The van der Waals surface area contributed by atoms with Crippen molar-refractivity contribution in [1.82, 2.24) is 9.55 Å². The van der Waals surface area contributed by atoms with E-state index < -0.39 is 0 Å². The predicted molar refractivity (Wildman–Crippen MR) is 88.8 cm³/mol. The van der Waals surface area contributed by atoms with Gasteiger partial charge in [-0.05, 0) is 23.8 Å². The average molecular weight is 328 g/mol. The average Bonchev–Trinajstić information content (AvgIpc) is 2.98. The standard InChI is InChI=1S/C17H14ClN3O2/c18-14-10-13(6-7-15(14)22)16(23)20-17-19-8-9-21(17)11-12-4-2-1-3-5-12/h1-10,22H,11H2,(H,19,20,23). The number of hydrogen-bond acceptors (Lipinski definition) is 3. The third kappa shape index (κ3) is 3.52. The summed E-state index contributed by atoms with van der Waals surface area (Å²) >= 11 is 5.83. The van der Waals surface area contributed by atoms with Crippen molar-refractivity contribution in [3.8, 4) is 5.75 Å². The molecule has 6 heteroatoms. The molecule has 0 spiro atoms. The highest BCUT2D eigenvalue weighted by Crippen LogP contribution is 2.24. The molecular formula is C17H14ClN3O2. The van der Waals surface area contributed by atoms with E-state index in [1.54, 1.807) is 12.4 Å². The quantitative estimate of drug-likeness (QED) is 0.770. The van der Waals surface area contributed by atoms with Gasteiger partial charge < -0.3 is 9.67 Å². The summed E-state index contributed by atoms with van der Waals surface area (Å²) in [6, 6.07) is 14.2. The molecule has 0 aliphatic heterocycles. The Kier molecular flexibility index (Phi) is 4.30. The Hall–Kier alpha value is -2.79. The molecule has 0 bridgehead atoms. The topological polar surface area (TPSA) is 67.2 Å². The summed E-state index contributed by atoms with van der Waals surface area (Å²) in [5.41, 5.74) is 1.45. The first-order valence-electron chi connectivity index (χ1n) is 6.98. The van der Waals surface area contributed by atoms with Crippen LogP contribution in [0.15, 0.2) is 60.9 Å². The van der Waals surface area contributed by atoms with Crippen LogP contribution in [0.2, 0.25) is 5.02 Å². The van der Waals surface area contributed by atoms with Crippen molar-refractivity contribution in [2.45, 2.75) is 6.54 Å². The number of amides is 1. The molecule has 3 aromatic rings. The maximum absolute atomic E-state index is 12.3. The minimum absolute atomic E-state index is 0.0613. The van der Waals surface area contributed by atoms with Gasteiger partial charge in [-0.2, -0.15) is 0 Å². The fraction of sp³-hybridized carbons (Fsp3) is 0.0588. The minimum Gasteiger partial charge on any atom is -0.506 e. The third-order valence-corrected chi connectivity index (χ3v) is 3.65. The summed E-state index contributed by atoms with van der Waals surface area (Å²) in [6.45, 7) is 0.604. The Balaban J connectivity index is 1.77. The fourth-order valence-electron chi connectivity index (χ4n) is 2.16. The molecule has 0 atom stereocenters. The first-order chi connectivity index (χ1) is 11.1. The first-order valence-corrected chi connectivity index (χ1v) is 7.36. The molecule has 0 unspecified atom stereocenters. The Labute approximate surface area is 138 Å². The van der Waals surface area contributed by atoms with Gasteiger partial charge in [0.05, 0.1) is 11.6 Å². The molecule has 5 nitrogen and oxygen atoms in total. The zero-order chi connectivity index (χ0) is 16.2. The minimum atomic E-state index is -0.340. The number of rotatable bonds is 4. The summed E-state index contributed by atoms with van der Waals surface area (Å²) in [6.07, 6.45) is 3.43. The lowest BCUT2D eigenvalue weighted by molar-refractivity contribution is 0.102. The highest BCUT2D eigenvalue weighted by molar-refractivity contribution is 6.32. The molecule has 0 radical (unpaired) electrons. The van der Waals surface area contributed by atoms with Crippen molar-refractivity contribution in [2.75, 3.05) is 5.32 Å². The summed E-state index contributed by atoms with van der Waals surface area (Å²) in [5.74, 6) is 0.0456. The van der Waals surface area contributed by atoms with Gasteiger partial charge in [-0.3, -0.25) is 10.1 Å². The Morgan fingerprint density at radius 3 is 2.74 bits per heavy atom. The molecule has 0 aliphatic rings. The SMILES string of the molecule is O=C(Nc1nccn1Cc1ccccc1)c1ccc(O)c(Cl)c1. The van der Waals surface area contributed by atoms with Gasteiger partial charge in [0.15, 0.2) is 0 Å². The van der Waals surface area contributed by atoms with Crippen molar-refractivity contribution in [1.29, 1.82) is 0 Å². The van der Waals surface area contributed by atoms with Crippen LogP contribution in [0, 0.1) is 0 Å². The van der Waals surface area contributed by atoms with Crippen molar-refractivity contribution < 1.29 is 9.90 Å². The van der Waals surface area contributed by atoms with E-state index in [0.29, 0.717) is 18.1 Å². The molecule has 0 saturated carbocycles. The van der Waals surface area contributed by atoms with E-state index in [1.165, 1.54) is 18.2 Å². The van der Waals surface area contributed by atoms with Gasteiger partial charge in [0, 0.05) is 18.0 Å². The number of aromatic nitrogens is 2. The van der Waals surface area contributed by atoms with Crippen molar-refractivity contribution in [2.24, 2.45) is 0 Å². The Morgan fingerprint density at radius 1 is 1.22 bits per heavy atom. The summed E-state index contributed by atoms with van der Waals surface area (Å²) in [4.78, 5) is 16.4. The zero-order valence-electron chi connectivity index (χ0n) is 12.1. The number of nitrogens with zero attached hydrogens (tertiary/aromatic N) is 2. The zero-order valence-corrected chi connectivity index (χ0v) is 12.9. The molecule has 1 aromatic heterocycles. The second-order valence-electron chi connectivity index (χ2n) is 4.98. The summed E-state index contributed by atoms with van der Waals surface area (Å²) in [5, 5.41) is 12.3. The van der Waals surface area contributed by atoms with Crippen LogP contribution in [0.3, 0.4) is 0 Å². The second-order valence-corrected chi connectivity index (χ2v) is 5.39. The van der Waals surface area contributed by atoms with Crippen molar-refractivity contribution >= 4 is 23.5 Å². The highest BCUT2D eigenvalue weighted by atomic mass is 35.5. The van der Waals surface area contributed by atoms with Crippen LogP contribution in [0.4, 0.5) is 5.95 Å². The van der Waals surface area contributed by atoms with Gasteiger partial charge in [0.2, 0.25) is 5.95 Å². The molecule has 116 valence electrons. The van der Waals surface area contributed by atoms with Crippen LogP contribution in [-0.2, 0) is 6.54 Å². The van der Waals surface area contributed by atoms with Crippen LogP contribution in [0.1, 0.15) is 15.9 Å². The Bertz CT molecular complexity index is 831. The van der Waals surface area contributed by atoms with Gasteiger partial charge in [0.25, 0.3) is 5.91 Å². The number of hydrogen-bond donors (Lipinski definition) is 2. The molecule has 2 N–H and O–H groups in total. The molecule has 0 fully saturated rings. The summed E-state index contributed by atoms with van der Waals surface area (Å²) in [7, 11) is 0. The van der Waals surface area contributed by atoms with E-state index in [4.69, 9.17) is 11.6 Å². The van der Waals surface area contributed by atoms with Gasteiger partial charge >= 0.3 is 0 Å². The molecule has 1 heterocycles. The van der Waals surface area contributed by atoms with Crippen LogP contribution in [-0.4, -0.2) is 20.6 Å².